The number of imide groups is 1. The fourth-order valence-electron chi connectivity index (χ4n) is 5.50. The summed E-state index contributed by atoms with van der Waals surface area (Å²) in [5.74, 6) is -2.01. The van der Waals surface area contributed by atoms with Crippen LogP contribution >= 0.6 is 23.1 Å². The largest absolute Gasteiger partial charge is 0.490 e. The van der Waals surface area contributed by atoms with Gasteiger partial charge in [-0.15, -0.1) is 0 Å². The van der Waals surface area contributed by atoms with Gasteiger partial charge >= 0.3 is 4.87 Å². The molecule has 0 aliphatic carbocycles. The van der Waals surface area contributed by atoms with Gasteiger partial charge in [-0.25, -0.2) is 18.5 Å². The number of anilines is 2. The molecule has 2 aliphatic heterocycles. The van der Waals surface area contributed by atoms with Crippen molar-refractivity contribution < 1.29 is 32.3 Å². The van der Waals surface area contributed by atoms with E-state index in [1.54, 1.807) is 37.3 Å². The minimum absolute atomic E-state index is 0.0864. The molecule has 4 aromatic rings. The van der Waals surface area contributed by atoms with Crippen molar-refractivity contribution in [3.8, 4) is 11.5 Å². The molecule has 3 aromatic carbocycles. The van der Waals surface area contributed by atoms with Crippen molar-refractivity contribution in [1.29, 1.82) is 0 Å². The maximum Gasteiger partial charge on any atom is 0.305 e. The molecule has 46 heavy (non-hydrogen) atoms. The number of aryl methyl sites for hydroxylation is 1. The number of nitrogens with zero attached hydrogens (tertiary/aromatic N) is 1. The third-order valence-corrected chi connectivity index (χ3v) is 10.9. The highest BCUT2D eigenvalue weighted by Gasteiger charge is 2.56. The van der Waals surface area contributed by atoms with Gasteiger partial charge in [-0.2, -0.15) is 0 Å². The number of aromatic amines is 1. The van der Waals surface area contributed by atoms with E-state index < -0.39 is 33.0 Å². The highest BCUT2D eigenvalue weighted by Crippen LogP contribution is 2.53. The Hall–Kier alpha value is -4.44. The lowest BCUT2D eigenvalue weighted by atomic mass is 9.83. The molecule has 15 heteroatoms. The minimum Gasteiger partial charge on any atom is -0.490 e. The van der Waals surface area contributed by atoms with Gasteiger partial charge in [-0.05, 0) is 67.9 Å². The van der Waals surface area contributed by atoms with E-state index in [2.05, 4.69) is 10.3 Å². The second-order valence-electron chi connectivity index (χ2n) is 10.6. The molecule has 0 bridgehead atoms. The lowest BCUT2D eigenvalue weighted by molar-refractivity contribution is -0.122. The quantitative estimate of drug-likeness (QED) is 0.223. The lowest BCUT2D eigenvalue weighted by Crippen LogP contribution is -2.32. The van der Waals surface area contributed by atoms with Crippen molar-refractivity contribution in [1.82, 2.24) is 4.98 Å². The number of carbonyl (C=O) groups is 3. The van der Waals surface area contributed by atoms with Crippen molar-refractivity contribution in [2.75, 3.05) is 23.4 Å². The van der Waals surface area contributed by atoms with Crippen molar-refractivity contribution in [3.63, 3.8) is 0 Å². The number of thioether (sulfide) groups is 1. The molecule has 3 atom stereocenters. The maximum atomic E-state index is 14.0. The molecular weight excluding hydrogens is 653 g/mol. The Morgan fingerprint density at radius 1 is 0.978 bits per heavy atom. The number of hydrogen-bond donors (Lipinski definition) is 3. The van der Waals surface area contributed by atoms with Crippen LogP contribution in [0.1, 0.15) is 28.8 Å². The van der Waals surface area contributed by atoms with E-state index in [9.17, 15) is 27.6 Å². The molecular formula is C31H28N4O8S3. The first-order valence-corrected chi connectivity index (χ1v) is 17.3. The molecule has 1 aromatic heterocycles. The first-order chi connectivity index (χ1) is 21.9. The molecule has 3 unspecified atom stereocenters. The zero-order valence-electron chi connectivity index (χ0n) is 24.5. The Bertz CT molecular complexity index is 2010. The number of benzene rings is 3. The third-order valence-electron chi connectivity index (χ3n) is 7.57. The van der Waals surface area contributed by atoms with Gasteiger partial charge in [0.05, 0.1) is 28.1 Å². The Morgan fingerprint density at radius 2 is 1.70 bits per heavy atom. The van der Waals surface area contributed by atoms with E-state index in [0.29, 0.717) is 32.6 Å². The molecule has 6 rings (SSSR count). The summed E-state index contributed by atoms with van der Waals surface area (Å²) < 4.78 is 34.6. The third kappa shape index (κ3) is 6.06. The number of nitrogens with one attached hydrogen (secondary N) is 2. The molecule has 0 spiro atoms. The molecule has 0 saturated carbocycles. The summed E-state index contributed by atoms with van der Waals surface area (Å²) in [6.07, 6.45) is 0. The predicted molar refractivity (Wildman–Crippen MR) is 173 cm³/mol. The molecule has 0 radical (unpaired) electrons. The van der Waals surface area contributed by atoms with Gasteiger partial charge in [0.2, 0.25) is 21.8 Å². The van der Waals surface area contributed by atoms with Crippen LogP contribution in [0.25, 0.3) is 0 Å². The molecule has 12 nitrogen and oxygen atoms in total. The highest BCUT2D eigenvalue weighted by atomic mass is 32.2. The van der Waals surface area contributed by atoms with Gasteiger partial charge in [-0.3, -0.25) is 19.2 Å². The van der Waals surface area contributed by atoms with Crippen LogP contribution in [0.5, 0.6) is 11.5 Å². The number of primary sulfonamides is 1. The Kier molecular flexibility index (Phi) is 8.50. The van der Waals surface area contributed by atoms with Crippen molar-refractivity contribution in [2.45, 2.75) is 34.9 Å². The van der Waals surface area contributed by atoms with E-state index >= 15 is 0 Å². The molecule has 3 amide bonds. The summed E-state index contributed by atoms with van der Waals surface area (Å²) in [4.78, 5) is 57.1. The zero-order chi connectivity index (χ0) is 32.7. The smallest absolute Gasteiger partial charge is 0.305 e. The number of rotatable bonds is 9. The zero-order valence-corrected chi connectivity index (χ0v) is 27.0. The first-order valence-electron chi connectivity index (χ1n) is 14.1. The van der Waals surface area contributed by atoms with Crippen LogP contribution < -0.4 is 29.7 Å². The summed E-state index contributed by atoms with van der Waals surface area (Å²) in [6, 6.07) is 17.6. The first kappa shape index (κ1) is 31.5. The molecule has 3 heterocycles. The summed E-state index contributed by atoms with van der Waals surface area (Å²) in [7, 11) is -3.87. The number of thiazole rings is 1. The van der Waals surface area contributed by atoms with E-state index in [-0.39, 0.29) is 40.5 Å². The summed E-state index contributed by atoms with van der Waals surface area (Å²) >= 11 is 2.20. The molecule has 1 saturated heterocycles. The van der Waals surface area contributed by atoms with Gasteiger partial charge in [-0.1, -0.05) is 46.9 Å². The average Bonchev–Trinajstić information content (AvgIpc) is 3.51. The van der Waals surface area contributed by atoms with Gasteiger partial charge in [0.1, 0.15) is 5.25 Å². The fourth-order valence-corrected chi connectivity index (χ4v) is 8.53. The van der Waals surface area contributed by atoms with Crippen LogP contribution in [0.15, 0.2) is 81.4 Å². The molecule has 1 fully saturated rings. The molecule has 2 aliphatic rings. The molecule has 4 N–H and O–H groups in total. The number of nitrogens with two attached hydrogens (primary N) is 1. The van der Waals surface area contributed by atoms with E-state index in [1.807, 2.05) is 19.1 Å². The summed E-state index contributed by atoms with van der Waals surface area (Å²) in [6.45, 7) is 3.60. The second-order valence-corrected chi connectivity index (χ2v) is 14.4. The van der Waals surface area contributed by atoms with Crippen LogP contribution in [0.3, 0.4) is 0 Å². The van der Waals surface area contributed by atoms with E-state index in [0.717, 1.165) is 16.9 Å². The van der Waals surface area contributed by atoms with E-state index in [4.69, 9.17) is 14.6 Å². The molecule has 238 valence electrons. The van der Waals surface area contributed by atoms with Crippen molar-refractivity contribution >= 4 is 62.2 Å². The van der Waals surface area contributed by atoms with E-state index in [1.165, 1.54) is 40.9 Å². The van der Waals surface area contributed by atoms with Gasteiger partial charge < -0.3 is 19.8 Å². The number of fused-ring (bicyclic) bond motifs is 2. The van der Waals surface area contributed by atoms with Crippen LogP contribution in [0.2, 0.25) is 0 Å². The average molecular weight is 681 g/mol. The van der Waals surface area contributed by atoms with Crippen LogP contribution in [0.4, 0.5) is 11.4 Å². The van der Waals surface area contributed by atoms with Crippen molar-refractivity contribution in [3.05, 3.63) is 92.4 Å². The minimum atomic E-state index is -3.87. The number of aromatic nitrogens is 1. The Balaban J connectivity index is 1.27. The topological polar surface area (TPSA) is 178 Å². The highest BCUT2D eigenvalue weighted by molar-refractivity contribution is 8.00. The fraction of sp³-hybridized carbons (Fsp3) is 0.226. The summed E-state index contributed by atoms with van der Waals surface area (Å²) in [5.41, 5.74) is 2.48. The number of hydrogen-bond acceptors (Lipinski definition) is 10. The van der Waals surface area contributed by atoms with Crippen LogP contribution in [-0.4, -0.2) is 49.6 Å². The van der Waals surface area contributed by atoms with Crippen LogP contribution in [0, 0.1) is 12.8 Å². The van der Waals surface area contributed by atoms with Gasteiger partial charge in [0, 0.05) is 16.5 Å². The Labute approximate surface area is 272 Å². The number of amides is 3. The normalized spacial score (nSPS) is 19.0. The monoisotopic (exact) mass is 680 g/mol. The number of H-pyrrole nitrogens is 1. The Morgan fingerprint density at radius 3 is 2.37 bits per heavy atom. The number of carbonyl (C=O) groups excluding carboxylic acids is 3. The number of ether oxygens (including phenoxy) is 2. The number of sulfonamides is 1. The maximum absolute atomic E-state index is 14.0. The van der Waals surface area contributed by atoms with Crippen LogP contribution in [-0.2, 0) is 24.4 Å². The second kappa shape index (κ2) is 12.4. The van der Waals surface area contributed by atoms with Gasteiger partial charge in [0.15, 0.2) is 18.1 Å². The van der Waals surface area contributed by atoms with Gasteiger partial charge in [0.25, 0.3) is 5.91 Å². The predicted octanol–water partition coefficient (Wildman–Crippen LogP) is 3.60. The SMILES string of the molecule is CCOc1cc(C2c3sc(=O)[nH]c3SC3C(=O)N(c4ccc(C)cc4)C(=O)C32)ccc1OCC(=O)Nc1ccc(S(N)(=O)=O)cc1. The summed E-state index contributed by atoms with van der Waals surface area (Å²) in [5, 5.41) is 7.55. The standard InChI is InChI=1S/C31H28N4O8S3/c1-3-42-22-14-17(6-13-21(22)43-15-23(36)33-18-7-11-20(12-8-18)46(32,40)41)24-25-27(44-28-26(24)45-31(39)34-28)30(38)35(29(25)37)19-9-4-16(2)5-10-19/h4-14,24-25,27H,3,15H2,1-2H3,(H,33,36)(H,34,39)(H2,32,40,41). The lowest BCUT2D eigenvalue weighted by Gasteiger charge is -2.30. The van der Waals surface area contributed by atoms with Crippen molar-refractivity contribution in [2.24, 2.45) is 11.1 Å².